The van der Waals surface area contributed by atoms with Gasteiger partial charge < -0.3 is 4.90 Å². The maximum absolute atomic E-state index is 12.4. The molecule has 19 heavy (non-hydrogen) atoms. The van der Waals surface area contributed by atoms with Crippen molar-refractivity contribution in [1.82, 2.24) is 9.88 Å². The number of pyridine rings is 1. The van der Waals surface area contributed by atoms with Gasteiger partial charge in [-0.3, -0.25) is 4.79 Å². The Bertz CT molecular complexity index is 413. The van der Waals surface area contributed by atoms with Crippen LogP contribution in [0.15, 0.2) is 18.3 Å². The topological polar surface area (TPSA) is 33.2 Å². The van der Waals surface area contributed by atoms with E-state index in [0.717, 1.165) is 24.9 Å². The Morgan fingerprint density at radius 2 is 2.11 bits per heavy atom. The van der Waals surface area contributed by atoms with Crippen LogP contribution in [0.5, 0.6) is 0 Å². The minimum absolute atomic E-state index is 0.207. The number of carbonyl (C=O) groups excluding carboxylic acids is 1. The Morgan fingerprint density at radius 3 is 2.68 bits per heavy atom. The maximum atomic E-state index is 12.4. The summed E-state index contributed by atoms with van der Waals surface area (Å²) >= 11 is 5.75. The lowest BCUT2D eigenvalue weighted by atomic mass is 9.94. The largest absolute Gasteiger partial charge is 0.340 e. The van der Waals surface area contributed by atoms with Crippen LogP contribution in [0.1, 0.15) is 44.6 Å². The van der Waals surface area contributed by atoms with Crippen molar-refractivity contribution < 1.29 is 4.79 Å². The molecule has 0 atom stereocenters. The smallest absolute Gasteiger partial charge is 0.227 e. The first-order valence-electron chi connectivity index (χ1n) is 7.10. The molecule has 0 aromatic carbocycles. The summed E-state index contributed by atoms with van der Waals surface area (Å²) in [6.07, 6.45) is 8.22. The molecule has 3 nitrogen and oxygen atoms in total. The number of rotatable bonds is 4. The van der Waals surface area contributed by atoms with E-state index in [1.165, 1.54) is 19.3 Å². The number of amides is 1. The molecule has 0 spiro atoms. The van der Waals surface area contributed by atoms with Gasteiger partial charge in [-0.15, -0.1) is 0 Å². The number of halogens is 1. The van der Waals surface area contributed by atoms with Gasteiger partial charge in [0.25, 0.3) is 0 Å². The second-order valence-electron chi connectivity index (χ2n) is 5.14. The van der Waals surface area contributed by atoms with E-state index in [-0.39, 0.29) is 5.91 Å². The minimum Gasteiger partial charge on any atom is -0.340 e. The molecule has 0 saturated heterocycles. The predicted molar refractivity (Wildman–Crippen MR) is 77.2 cm³/mol. The van der Waals surface area contributed by atoms with Gasteiger partial charge in [-0.1, -0.05) is 36.9 Å². The molecular weight excluding hydrogens is 260 g/mol. The number of nitrogens with zero attached hydrogens (tertiary/aromatic N) is 2. The van der Waals surface area contributed by atoms with Crippen LogP contribution in [0.2, 0.25) is 5.15 Å². The number of aromatic nitrogens is 1. The van der Waals surface area contributed by atoms with Gasteiger partial charge in [0, 0.05) is 18.8 Å². The van der Waals surface area contributed by atoms with Gasteiger partial charge in [0.05, 0.1) is 6.42 Å². The third kappa shape index (κ3) is 3.93. The second-order valence-corrected chi connectivity index (χ2v) is 5.52. The van der Waals surface area contributed by atoms with Crippen molar-refractivity contribution in [2.24, 2.45) is 0 Å². The van der Waals surface area contributed by atoms with Crippen LogP contribution in [-0.2, 0) is 11.2 Å². The van der Waals surface area contributed by atoms with Crippen LogP contribution in [0, 0.1) is 0 Å². The van der Waals surface area contributed by atoms with Gasteiger partial charge in [-0.05, 0) is 31.4 Å². The molecule has 1 aromatic rings. The monoisotopic (exact) mass is 280 g/mol. The zero-order valence-electron chi connectivity index (χ0n) is 11.4. The maximum Gasteiger partial charge on any atom is 0.227 e. The molecule has 1 saturated carbocycles. The molecule has 0 aliphatic heterocycles. The summed E-state index contributed by atoms with van der Waals surface area (Å²) in [5.41, 5.74) is 0.934. The number of hydrogen-bond acceptors (Lipinski definition) is 2. The molecular formula is C15H21ClN2O. The lowest BCUT2D eigenvalue weighted by Crippen LogP contribution is -2.42. The zero-order chi connectivity index (χ0) is 13.7. The van der Waals surface area contributed by atoms with E-state index < -0.39 is 0 Å². The van der Waals surface area contributed by atoms with E-state index in [2.05, 4.69) is 11.9 Å². The van der Waals surface area contributed by atoms with Crippen molar-refractivity contribution in [2.75, 3.05) is 6.54 Å². The number of carbonyl (C=O) groups is 1. The Morgan fingerprint density at radius 1 is 1.37 bits per heavy atom. The molecule has 0 bridgehead atoms. The summed E-state index contributed by atoms with van der Waals surface area (Å²) < 4.78 is 0. The van der Waals surface area contributed by atoms with Crippen LogP contribution >= 0.6 is 11.6 Å². The lowest BCUT2D eigenvalue weighted by molar-refractivity contribution is -0.133. The fourth-order valence-electron chi connectivity index (χ4n) is 2.82. The SMILES string of the molecule is CCN(C(=O)Cc1ccc(Cl)nc1)C1CCCCC1. The summed E-state index contributed by atoms with van der Waals surface area (Å²) in [5, 5.41) is 0.468. The van der Waals surface area contributed by atoms with Gasteiger partial charge in [-0.2, -0.15) is 0 Å². The zero-order valence-corrected chi connectivity index (χ0v) is 12.2. The van der Waals surface area contributed by atoms with Crippen LogP contribution < -0.4 is 0 Å². The first-order chi connectivity index (χ1) is 9.20. The van der Waals surface area contributed by atoms with Crippen molar-refractivity contribution in [3.63, 3.8) is 0 Å². The van der Waals surface area contributed by atoms with E-state index in [4.69, 9.17) is 11.6 Å². The van der Waals surface area contributed by atoms with Crippen molar-refractivity contribution in [3.05, 3.63) is 29.0 Å². The van der Waals surface area contributed by atoms with Crippen molar-refractivity contribution >= 4 is 17.5 Å². The second kappa shape index (κ2) is 6.90. The number of likely N-dealkylation sites (N-methyl/N-ethyl adjacent to an activating group) is 1. The van der Waals surface area contributed by atoms with Crippen LogP contribution in [0.25, 0.3) is 0 Å². The fourth-order valence-corrected chi connectivity index (χ4v) is 2.93. The highest BCUT2D eigenvalue weighted by Gasteiger charge is 2.23. The van der Waals surface area contributed by atoms with E-state index in [1.54, 1.807) is 12.3 Å². The molecule has 1 aliphatic rings. The van der Waals surface area contributed by atoms with Crippen LogP contribution in [0.3, 0.4) is 0 Å². The molecule has 1 fully saturated rings. The highest BCUT2D eigenvalue weighted by molar-refractivity contribution is 6.29. The quantitative estimate of drug-likeness (QED) is 0.792. The molecule has 1 amide bonds. The average Bonchev–Trinajstić information content (AvgIpc) is 2.43. The average molecular weight is 281 g/mol. The van der Waals surface area contributed by atoms with E-state index in [1.807, 2.05) is 11.0 Å². The van der Waals surface area contributed by atoms with E-state index >= 15 is 0 Å². The van der Waals surface area contributed by atoms with Gasteiger partial charge in [0.1, 0.15) is 5.15 Å². The fraction of sp³-hybridized carbons (Fsp3) is 0.600. The highest BCUT2D eigenvalue weighted by Crippen LogP contribution is 2.23. The molecule has 2 rings (SSSR count). The molecule has 1 heterocycles. The van der Waals surface area contributed by atoms with Crippen molar-refractivity contribution in [3.8, 4) is 0 Å². The Balaban J connectivity index is 1.97. The third-order valence-electron chi connectivity index (χ3n) is 3.82. The lowest BCUT2D eigenvalue weighted by Gasteiger charge is -2.33. The van der Waals surface area contributed by atoms with Gasteiger partial charge in [-0.25, -0.2) is 4.98 Å². The standard InChI is InChI=1S/C15H21ClN2O/c1-2-18(13-6-4-3-5-7-13)15(19)10-12-8-9-14(16)17-11-12/h8-9,11,13H,2-7,10H2,1H3. The molecule has 1 aliphatic carbocycles. The number of hydrogen-bond donors (Lipinski definition) is 0. The van der Waals surface area contributed by atoms with Gasteiger partial charge in [0.15, 0.2) is 0 Å². The summed E-state index contributed by atoms with van der Waals surface area (Å²) in [5.74, 6) is 0.207. The van der Waals surface area contributed by atoms with E-state index in [0.29, 0.717) is 17.6 Å². The minimum atomic E-state index is 0.207. The molecule has 0 N–H and O–H groups in total. The summed E-state index contributed by atoms with van der Waals surface area (Å²) in [4.78, 5) is 18.5. The molecule has 104 valence electrons. The van der Waals surface area contributed by atoms with Crippen LogP contribution in [0.4, 0.5) is 0 Å². The van der Waals surface area contributed by atoms with Gasteiger partial charge in [0.2, 0.25) is 5.91 Å². The predicted octanol–water partition coefficient (Wildman–Crippen LogP) is 3.46. The Kier molecular flexibility index (Phi) is 5.20. The van der Waals surface area contributed by atoms with Crippen LogP contribution in [-0.4, -0.2) is 28.4 Å². The summed E-state index contributed by atoms with van der Waals surface area (Å²) in [7, 11) is 0. The Hall–Kier alpha value is -1.09. The first-order valence-corrected chi connectivity index (χ1v) is 7.48. The summed E-state index contributed by atoms with van der Waals surface area (Å²) in [6, 6.07) is 4.05. The summed E-state index contributed by atoms with van der Waals surface area (Å²) in [6.45, 7) is 2.86. The van der Waals surface area contributed by atoms with Crippen molar-refractivity contribution in [2.45, 2.75) is 51.5 Å². The molecule has 1 aromatic heterocycles. The molecule has 0 radical (unpaired) electrons. The Labute approximate surface area is 120 Å². The molecule has 4 heteroatoms. The van der Waals surface area contributed by atoms with E-state index in [9.17, 15) is 4.79 Å². The van der Waals surface area contributed by atoms with Gasteiger partial charge >= 0.3 is 0 Å². The third-order valence-corrected chi connectivity index (χ3v) is 4.04. The normalized spacial score (nSPS) is 16.3. The highest BCUT2D eigenvalue weighted by atomic mass is 35.5. The first kappa shape index (κ1) is 14.3. The molecule has 0 unspecified atom stereocenters. The van der Waals surface area contributed by atoms with Crippen molar-refractivity contribution in [1.29, 1.82) is 0 Å².